The van der Waals surface area contributed by atoms with E-state index in [9.17, 15) is 0 Å². The minimum Gasteiger partial charge on any atom is -0.348 e. The Morgan fingerprint density at radius 2 is 1.67 bits per heavy atom. The minimum absolute atomic E-state index is 0.177. The Morgan fingerprint density at radius 1 is 0.944 bits per heavy atom. The summed E-state index contributed by atoms with van der Waals surface area (Å²) < 4.78 is 28.5. The van der Waals surface area contributed by atoms with Gasteiger partial charge in [0.05, 0.1) is 12.0 Å². The molecule has 3 heterocycles. The number of ether oxygens (including phenoxy) is 5. The molecule has 5 nitrogen and oxygen atoms in total. The third-order valence-corrected chi connectivity index (χ3v) is 3.90. The lowest BCUT2D eigenvalue weighted by molar-refractivity contribution is -0.220. The van der Waals surface area contributed by atoms with Crippen LogP contribution in [-0.2, 0) is 23.7 Å². The fraction of sp³-hybridized carbons (Fsp3) is 1.00. The van der Waals surface area contributed by atoms with E-state index in [4.69, 9.17) is 35.3 Å². The van der Waals surface area contributed by atoms with Gasteiger partial charge in [-0.1, -0.05) is 0 Å². The Morgan fingerprint density at radius 3 is 2.22 bits per heavy atom. The first-order chi connectivity index (χ1) is 8.27. The summed E-state index contributed by atoms with van der Waals surface area (Å²) in [6.07, 6.45) is -1.11. The van der Waals surface area contributed by atoms with Crippen molar-refractivity contribution in [2.24, 2.45) is 0 Å². The molecule has 0 amide bonds. The quantitative estimate of drug-likeness (QED) is 0.682. The molecule has 5 atom stereocenters. The molecule has 3 aliphatic rings. The van der Waals surface area contributed by atoms with Crippen LogP contribution in [0.15, 0.2) is 0 Å². The molecule has 18 heavy (non-hydrogen) atoms. The fourth-order valence-electron chi connectivity index (χ4n) is 2.67. The molecule has 0 aromatic carbocycles. The van der Waals surface area contributed by atoms with Gasteiger partial charge in [-0.15, -0.1) is 11.6 Å². The molecule has 6 heteroatoms. The lowest BCUT2D eigenvalue weighted by Gasteiger charge is -2.26. The molecule has 0 radical (unpaired) electrons. The number of rotatable bonds is 1. The number of alkyl halides is 1. The van der Waals surface area contributed by atoms with Crippen LogP contribution in [0.25, 0.3) is 0 Å². The summed E-state index contributed by atoms with van der Waals surface area (Å²) in [5.41, 5.74) is 0. The number of fused-ring (bicyclic) bond motifs is 1. The Kier molecular flexibility index (Phi) is 2.94. The smallest absolute Gasteiger partial charge is 0.189 e. The van der Waals surface area contributed by atoms with Crippen molar-refractivity contribution >= 4 is 11.6 Å². The third kappa shape index (κ3) is 2.17. The van der Waals surface area contributed by atoms with Crippen molar-refractivity contribution < 1.29 is 23.7 Å². The molecule has 0 spiro atoms. The predicted molar refractivity (Wildman–Crippen MR) is 63.2 cm³/mol. The largest absolute Gasteiger partial charge is 0.348 e. The van der Waals surface area contributed by atoms with Crippen LogP contribution < -0.4 is 0 Å². The molecular formula is C12H19ClO5. The van der Waals surface area contributed by atoms with E-state index in [0.29, 0.717) is 6.61 Å². The van der Waals surface area contributed by atoms with E-state index in [0.717, 1.165) is 0 Å². The second kappa shape index (κ2) is 4.04. The highest BCUT2D eigenvalue weighted by molar-refractivity contribution is 6.21. The Bertz CT molecular complexity index is 345. The molecule has 0 bridgehead atoms. The van der Waals surface area contributed by atoms with Crippen LogP contribution in [0, 0.1) is 0 Å². The van der Waals surface area contributed by atoms with Crippen molar-refractivity contribution in [3.8, 4) is 0 Å². The topological polar surface area (TPSA) is 46.2 Å². The van der Waals surface area contributed by atoms with Crippen molar-refractivity contribution in [3.63, 3.8) is 0 Å². The Labute approximate surface area is 112 Å². The lowest BCUT2D eigenvalue weighted by Crippen LogP contribution is -2.39. The monoisotopic (exact) mass is 278 g/mol. The summed E-state index contributed by atoms with van der Waals surface area (Å²) in [6, 6.07) is 0. The standard InChI is InChI=1S/C12H19ClO5/c1-11(2)14-5-6(16-11)8-7(13)9-10(15-8)18-12(3,4)17-9/h6-10H,5H2,1-4H3. The zero-order valence-corrected chi connectivity index (χ0v) is 11.8. The summed E-state index contributed by atoms with van der Waals surface area (Å²) in [6.45, 7) is 7.94. The Balaban J connectivity index is 1.68. The maximum Gasteiger partial charge on any atom is 0.189 e. The summed E-state index contributed by atoms with van der Waals surface area (Å²) in [7, 11) is 0. The average Bonchev–Trinajstić information content (AvgIpc) is 2.81. The summed E-state index contributed by atoms with van der Waals surface area (Å²) in [5, 5.41) is -0.292. The molecule has 0 aromatic heterocycles. The zero-order chi connectivity index (χ0) is 13.1. The van der Waals surface area contributed by atoms with Gasteiger partial charge in [-0.05, 0) is 27.7 Å². The average molecular weight is 279 g/mol. The highest BCUT2D eigenvalue weighted by Crippen LogP contribution is 2.42. The molecule has 3 rings (SSSR count). The fourth-order valence-corrected chi connectivity index (χ4v) is 3.06. The second-order valence-electron chi connectivity index (χ2n) is 5.88. The predicted octanol–water partition coefficient (Wildman–Crippen LogP) is 1.62. The molecule has 0 saturated carbocycles. The minimum atomic E-state index is -0.639. The van der Waals surface area contributed by atoms with E-state index in [1.54, 1.807) is 0 Å². The van der Waals surface area contributed by atoms with Crippen LogP contribution in [0.3, 0.4) is 0 Å². The summed E-state index contributed by atoms with van der Waals surface area (Å²) >= 11 is 6.41. The van der Waals surface area contributed by atoms with Gasteiger partial charge in [-0.25, -0.2) is 0 Å². The molecule has 0 aliphatic carbocycles. The van der Waals surface area contributed by atoms with Crippen molar-refractivity contribution in [3.05, 3.63) is 0 Å². The van der Waals surface area contributed by atoms with Crippen molar-refractivity contribution in [1.82, 2.24) is 0 Å². The van der Waals surface area contributed by atoms with Gasteiger partial charge in [0.1, 0.15) is 18.3 Å². The molecule has 104 valence electrons. The maximum absolute atomic E-state index is 6.41. The van der Waals surface area contributed by atoms with Crippen molar-refractivity contribution in [2.75, 3.05) is 6.61 Å². The van der Waals surface area contributed by atoms with Crippen LogP contribution in [-0.4, -0.2) is 48.2 Å². The van der Waals surface area contributed by atoms with E-state index >= 15 is 0 Å². The second-order valence-corrected chi connectivity index (χ2v) is 6.38. The highest BCUT2D eigenvalue weighted by atomic mass is 35.5. The number of hydrogen-bond acceptors (Lipinski definition) is 5. The highest BCUT2D eigenvalue weighted by Gasteiger charge is 2.57. The molecule has 5 unspecified atom stereocenters. The molecular weight excluding hydrogens is 260 g/mol. The first-order valence-electron chi connectivity index (χ1n) is 6.24. The first kappa shape index (κ1) is 13.1. The van der Waals surface area contributed by atoms with Gasteiger partial charge in [0, 0.05) is 0 Å². The van der Waals surface area contributed by atoms with Crippen LogP contribution in [0.4, 0.5) is 0 Å². The third-order valence-electron chi connectivity index (χ3n) is 3.40. The van der Waals surface area contributed by atoms with Crippen LogP contribution in [0.1, 0.15) is 27.7 Å². The van der Waals surface area contributed by atoms with Gasteiger partial charge < -0.3 is 23.7 Å². The Hall–Kier alpha value is 0.0900. The first-order valence-corrected chi connectivity index (χ1v) is 6.68. The van der Waals surface area contributed by atoms with Crippen LogP contribution in [0.5, 0.6) is 0 Å². The van der Waals surface area contributed by atoms with Crippen LogP contribution in [0.2, 0.25) is 0 Å². The van der Waals surface area contributed by atoms with E-state index in [1.165, 1.54) is 0 Å². The van der Waals surface area contributed by atoms with Gasteiger partial charge in [-0.2, -0.15) is 0 Å². The van der Waals surface area contributed by atoms with E-state index in [2.05, 4.69) is 0 Å². The molecule has 0 aromatic rings. The van der Waals surface area contributed by atoms with Gasteiger partial charge >= 0.3 is 0 Å². The van der Waals surface area contributed by atoms with Crippen LogP contribution >= 0.6 is 11.6 Å². The molecule has 3 saturated heterocycles. The summed E-state index contributed by atoms with van der Waals surface area (Å²) in [5.74, 6) is -1.22. The molecule has 0 N–H and O–H groups in total. The van der Waals surface area contributed by atoms with Gasteiger partial charge in [0.2, 0.25) is 0 Å². The number of hydrogen-bond donors (Lipinski definition) is 0. The lowest BCUT2D eigenvalue weighted by atomic mass is 10.1. The van der Waals surface area contributed by atoms with E-state index < -0.39 is 17.9 Å². The summed E-state index contributed by atoms with van der Waals surface area (Å²) in [4.78, 5) is 0. The van der Waals surface area contributed by atoms with Crippen molar-refractivity contribution in [1.29, 1.82) is 0 Å². The SMILES string of the molecule is CC1(C)OCC(C2OC3OC(C)(C)OC3C2Cl)O1. The zero-order valence-electron chi connectivity index (χ0n) is 11.0. The van der Waals surface area contributed by atoms with E-state index in [1.807, 2.05) is 27.7 Å². The van der Waals surface area contributed by atoms with Crippen molar-refractivity contribution in [2.45, 2.75) is 69.2 Å². The normalized spacial score (nSPS) is 49.5. The van der Waals surface area contributed by atoms with Gasteiger partial charge in [0.25, 0.3) is 0 Å². The van der Waals surface area contributed by atoms with Gasteiger partial charge in [-0.3, -0.25) is 0 Å². The molecule has 3 aliphatic heterocycles. The molecule has 3 fully saturated rings. The van der Waals surface area contributed by atoms with E-state index in [-0.39, 0.29) is 23.7 Å². The maximum atomic E-state index is 6.41. The number of halogens is 1. The van der Waals surface area contributed by atoms with Gasteiger partial charge in [0.15, 0.2) is 17.9 Å².